The minimum absolute atomic E-state index is 0.284. The Morgan fingerprint density at radius 2 is 2.15 bits per heavy atom. The minimum Gasteiger partial charge on any atom is -0.480 e. The molecule has 0 spiro atoms. The number of aliphatic carboxylic acids is 1. The van der Waals surface area contributed by atoms with Crippen LogP contribution in [0.3, 0.4) is 0 Å². The van der Waals surface area contributed by atoms with Crippen molar-refractivity contribution in [2.75, 3.05) is 12.8 Å². The van der Waals surface area contributed by atoms with Gasteiger partial charge in [0.05, 0.1) is 0 Å². The van der Waals surface area contributed by atoms with Gasteiger partial charge in [-0.3, -0.25) is 4.79 Å². The maximum Gasteiger partial charge on any atom is 0.325 e. The van der Waals surface area contributed by atoms with E-state index in [2.05, 4.69) is 23.5 Å². The number of nitrogens with one attached hydrogen (secondary N) is 1. The molecule has 0 amide bonds. The standard InChI is InChI=1S/C16H21NO2S/c1-17-16(15(18)19,13-6-7-13)10-20-14-8-5-11-3-2-4-12(11)9-14/h5,8-9,13,17H,2-4,6-7,10H2,1H3,(H,18,19). The van der Waals surface area contributed by atoms with E-state index in [0.29, 0.717) is 5.75 Å². The van der Waals surface area contributed by atoms with Crippen molar-refractivity contribution in [2.45, 2.75) is 42.5 Å². The molecule has 3 nitrogen and oxygen atoms in total. The maximum atomic E-state index is 11.7. The number of fused-ring (bicyclic) bond motifs is 1. The molecule has 0 aliphatic heterocycles. The third kappa shape index (κ3) is 2.47. The first-order valence-electron chi connectivity index (χ1n) is 7.32. The lowest BCUT2D eigenvalue weighted by atomic mass is 9.96. The summed E-state index contributed by atoms with van der Waals surface area (Å²) in [5.41, 5.74) is 2.16. The molecule has 2 N–H and O–H groups in total. The fraction of sp³-hybridized carbons (Fsp3) is 0.562. The van der Waals surface area contributed by atoms with Gasteiger partial charge in [-0.2, -0.15) is 0 Å². The van der Waals surface area contributed by atoms with E-state index < -0.39 is 11.5 Å². The number of hydrogen-bond acceptors (Lipinski definition) is 3. The van der Waals surface area contributed by atoms with Crippen LogP contribution in [0.2, 0.25) is 0 Å². The van der Waals surface area contributed by atoms with E-state index in [1.807, 2.05) is 0 Å². The lowest BCUT2D eigenvalue weighted by Gasteiger charge is -2.28. The van der Waals surface area contributed by atoms with Crippen molar-refractivity contribution in [1.29, 1.82) is 0 Å². The Bertz CT molecular complexity index is 527. The van der Waals surface area contributed by atoms with Crippen LogP contribution in [0.4, 0.5) is 0 Å². The number of thioether (sulfide) groups is 1. The number of rotatable bonds is 6. The highest BCUT2D eigenvalue weighted by Crippen LogP contribution is 2.42. The summed E-state index contributed by atoms with van der Waals surface area (Å²) in [6.07, 6.45) is 5.66. The van der Waals surface area contributed by atoms with Gasteiger partial charge < -0.3 is 10.4 Å². The minimum atomic E-state index is -0.760. The van der Waals surface area contributed by atoms with Crippen LogP contribution in [0.5, 0.6) is 0 Å². The van der Waals surface area contributed by atoms with Gasteiger partial charge in [-0.15, -0.1) is 11.8 Å². The summed E-state index contributed by atoms with van der Waals surface area (Å²) in [6, 6.07) is 6.61. The first-order chi connectivity index (χ1) is 9.65. The van der Waals surface area contributed by atoms with Crippen LogP contribution in [0, 0.1) is 5.92 Å². The van der Waals surface area contributed by atoms with Gasteiger partial charge in [-0.05, 0) is 68.3 Å². The molecular weight excluding hydrogens is 270 g/mol. The van der Waals surface area contributed by atoms with E-state index in [4.69, 9.17) is 0 Å². The van der Waals surface area contributed by atoms with Crippen LogP contribution >= 0.6 is 11.8 Å². The van der Waals surface area contributed by atoms with Gasteiger partial charge >= 0.3 is 5.97 Å². The molecule has 0 radical (unpaired) electrons. The molecule has 1 saturated carbocycles. The van der Waals surface area contributed by atoms with Crippen LogP contribution in [-0.2, 0) is 17.6 Å². The Morgan fingerprint density at radius 3 is 2.80 bits per heavy atom. The molecule has 0 saturated heterocycles. The van der Waals surface area contributed by atoms with Gasteiger partial charge in [0.15, 0.2) is 0 Å². The number of benzene rings is 1. The Labute approximate surface area is 124 Å². The van der Waals surface area contributed by atoms with Crippen molar-refractivity contribution in [3.63, 3.8) is 0 Å². The van der Waals surface area contributed by atoms with Crippen LogP contribution < -0.4 is 5.32 Å². The average molecular weight is 291 g/mol. The molecule has 3 rings (SSSR count). The van der Waals surface area contributed by atoms with E-state index in [0.717, 1.165) is 12.8 Å². The van der Waals surface area contributed by atoms with E-state index in [-0.39, 0.29) is 5.92 Å². The SMILES string of the molecule is CNC(CSc1ccc2c(c1)CCC2)(C(=O)O)C1CC1. The fourth-order valence-electron chi connectivity index (χ4n) is 3.15. The van der Waals surface area contributed by atoms with Crippen molar-refractivity contribution in [3.05, 3.63) is 29.3 Å². The molecule has 1 fully saturated rings. The highest BCUT2D eigenvalue weighted by atomic mass is 32.2. The smallest absolute Gasteiger partial charge is 0.325 e. The van der Waals surface area contributed by atoms with Gasteiger partial charge in [0, 0.05) is 10.6 Å². The summed E-state index contributed by atoms with van der Waals surface area (Å²) < 4.78 is 0. The largest absolute Gasteiger partial charge is 0.480 e. The molecule has 0 heterocycles. The Morgan fingerprint density at radius 1 is 1.40 bits per heavy atom. The van der Waals surface area contributed by atoms with Crippen molar-refractivity contribution >= 4 is 17.7 Å². The summed E-state index contributed by atoms with van der Waals surface area (Å²) >= 11 is 1.67. The first kappa shape index (κ1) is 14.0. The molecule has 0 aromatic heterocycles. The second-order valence-electron chi connectivity index (χ2n) is 5.87. The molecule has 20 heavy (non-hydrogen) atoms. The molecule has 1 aromatic rings. The quantitative estimate of drug-likeness (QED) is 0.791. The zero-order valence-electron chi connectivity index (χ0n) is 11.8. The van der Waals surface area contributed by atoms with Gasteiger partial charge in [-0.1, -0.05) is 6.07 Å². The first-order valence-corrected chi connectivity index (χ1v) is 8.31. The average Bonchev–Trinajstić information content (AvgIpc) is 3.18. The predicted octanol–water partition coefficient (Wildman–Crippen LogP) is 2.72. The summed E-state index contributed by atoms with van der Waals surface area (Å²) in [7, 11) is 1.77. The topological polar surface area (TPSA) is 49.3 Å². The second kappa shape index (κ2) is 5.41. The predicted molar refractivity (Wildman–Crippen MR) is 81.3 cm³/mol. The molecule has 4 heteroatoms. The lowest BCUT2D eigenvalue weighted by molar-refractivity contribution is -0.144. The molecule has 2 aliphatic rings. The maximum absolute atomic E-state index is 11.7. The van der Waals surface area contributed by atoms with Gasteiger partial charge in [-0.25, -0.2) is 0 Å². The van der Waals surface area contributed by atoms with Crippen LogP contribution in [0.1, 0.15) is 30.4 Å². The summed E-state index contributed by atoms with van der Waals surface area (Å²) in [5.74, 6) is 0.172. The number of hydrogen-bond donors (Lipinski definition) is 2. The summed E-state index contributed by atoms with van der Waals surface area (Å²) in [5, 5.41) is 12.7. The zero-order chi connectivity index (χ0) is 14.2. The normalized spacial score (nSPS) is 20.4. The van der Waals surface area contributed by atoms with E-state index in [1.54, 1.807) is 18.8 Å². The van der Waals surface area contributed by atoms with Gasteiger partial charge in [0.2, 0.25) is 0 Å². The second-order valence-corrected chi connectivity index (χ2v) is 6.92. The number of carboxylic acids is 1. The zero-order valence-corrected chi connectivity index (χ0v) is 12.6. The van der Waals surface area contributed by atoms with E-state index >= 15 is 0 Å². The van der Waals surface area contributed by atoms with Crippen LogP contribution in [-0.4, -0.2) is 29.4 Å². The van der Waals surface area contributed by atoms with Crippen molar-refractivity contribution in [1.82, 2.24) is 5.32 Å². The molecule has 0 bridgehead atoms. The Hall–Kier alpha value is -1.00. The highest BCUT2D eigenvalue weighted by Gasteiger charge is 2.50. The Kier molecular flexibility index (Phi) is 3.78. The molecule has 1 unspecified atom stereocenters. The Balaban J connectivity index is 1.73. The highest BCUT2D eigenvalue weighted by molar-refractivity contribution is 7.99. The summed E-state index contributed by atoms with van der Waals surface area (Å²) in [6.45, 7) is 0. The van der Waals surface area contributed by atoms with E-state index in [1.165, 1.54) is 35.3 Å². The number of carboxylic acid groups (broad SMARTS) is 1. The number of likely N-dealkylation sites (N-methyl/N-ethyl adjacent to an activating group) is 1. The van der Waals surface area contributed by atoms with Crippen molar-refractivity contribution in [3.8, 4) is 0 Å². The fourth-order valence-corrected chi connectivity index (χ4v) is 4.44. The molecule has 108 valence electrons. The molecular formula is C16H21NO2S. The number of carbonyl (C=O) groups is 1. The summed E-state index contributed by atoms with van der Waals surface area (Å²) in [4.78, 5) is 12.9. The molecule has 2 aliphatic carbocycles. The van der Waals surface area contributed by atoms with Gasteiger partial charge in [0.25, 0.3) is 0 Å². The van der Waals surface area contributed by atoms with Crippen LogP contribution in [0.25, 0.3) is 0 Å². The molecule has 1 aromatic carbocycles. The number of aryl methyl sites for hydroxylation is 2. The van der Waals surface area contributed by atoms with Gasteiger partial charge in [0.1, 0.15) is 5.54 Å². The third-order valence-corrected chi connectivity index (χ3v) is 5.83. The van der Waals surface area contributed by atoms with Crippen molar-refractivity contribution < 1.29 is 9.90 Å². The van der Waals surface area contributed by atoms with E-state index in [9.17, 15) is 9.90 Å². The monoisotopic (exact) mass is 291 g/mol. The third-order valence-electron chi connectivity index (χ3n) is 4.64. The lowest BCUT2D eigenvalue weighted by Crippen LogP contribution is -2.54. The molecule has 1 atom stereocenters. The van der Waals surface area contributed by atoms with Crippen molar-refractivity contribution in [2.24, 2.45) is 5.92 Å². The van der Waals surface area contributed by atoms with Crippen LogP contribution in [0.15, 0.2) is 23.1 Å².